The van der Waals surface area contributed by atoms with Gasteiger partial charge in [0.05, 0.1) is 12.2 Å². The van der Waals surface area contributed by atoms with Crippen LogP contribution in [0.1, 0.15) is 129 Å². The summed E-state index contributed by atoms with van der Waals surface area (Å²) in [6, 6.07) is 3.74. The first-order chi connectivity index (χ1) is 18.4. The van der Waals surface area contributed by atoms with Gasteiger partial charge in [0.1, 0.15) is 6.61 Å². The van der Waals surface area contributed by atoms with Crippen LogP contribution in [0.2, 0.25) is 0 Å². The third kappa shape index (κ3) is 16.5. The van der Waals surface area contributed by atoms with E-state index in [1.807, 2.05) is 12.1 Å². The third-order valence-electron chi connectivity index (χ3n) is 7.65. The lowest BCUT2D eigenvalue weighted by molar-refractivity contribution is -0.144. The van der Waals surface area contributed by atoms with Crippen molar-refractivity contribution in [2.45, 2.75) is 130 Å². The summed E-state index contributed by atoms with van der Waals surface area (Å²) in [7, 11) is 0. The van der Waals surface area contributed by atoms with Crippen molar-refractivity contribution in [3.8, 4) is 0 Å². The molecular formula is C32H58N2O4. The Labute approximate surface area is 233 Å². The molecule has 1 aromatic rings. The number of unbranched alkanes of at least 4 members (excludes halogenated alkanes) is 5. The Morgan fingerprint density at radius 2 is 1.66 bits per heavy atom. The van der Waals surface area contributed by atoms with Gasteiger partial charge in [0.25, 0.3) is 0 Å². The fourth-order valence-electron chi connectivity index (χ4n) is 5.40. The molecule has 0 radical (unpaired) electrons. The van der Waals surface area contributed by atoms with Crippen LogP contribution in [0.3, 0.4) is 0 Å². The Kier molecular flexibility index (Phi) is 20.3. The van der Waals surface area contributed by atoms with Crippen LogP contribution in [0.5, 0.6) is 0 Å². The molecule has 0 saturated heterocycles. The van der Waals surface area contributed by atoms with Gasteiger partial charge in [-0.05, 0) is 81.1 Å². The second kappa shape index (κ2) is 22.3. The number of aliphatic hydroxyl groups excluding tert-OH is 2. The molecule has 0 aliphatic heterocycles. The van der Waals surface area contributed by atoms with Crippen LogP contribution in [-0.2, 0) is 9.53 Å². The molecule has 0 amide bonds. The van der Waals surface area contributed by atoms with E-state index in [0.717, 1.165) is 76.6 Å². The number of ether oxygens (including phenoxy) is 1. The lowest BCUT2D eigenvalue weighted by atomic mass is 9.92. The van der Waals surface area contributed by atoms with E-state index in [2.05, 4.69) is 37.6 Å². The van der Waals surface area contributed by atoms with Gasteiger partial charge in [0.2, 0.25) is 0 Å². The van der Waals surface area contributed by atoms with E-state index in [-0.39, 0.29) is 18.2 Å². The Balaban J connectivity index is 0.000000464. The van der Waals surface area contributed by atoms with Crippen LogP contribution in [0.25, 0.3) is 0 Å². The van der Waals surface area contributed by atoms with Crippen LogP contribution < -0.4 is 0 Å². The summed E-state index contributed by atoms with van der Waals surface area (Å²) in [5.74, 6) is 1.33. The van der Waals surface area contributed by atoms with Crippen LogP contribution in [-0.4, -0.2) is 58.4 Å². The quantitative estimate of drug-likeness (QED) is 0.146. The van der Waals surface area contributed by atoms with Gasteiger partial charge in [-0.2, -0.15) is 0 Å². The number of hydrogen-bond donors (Lipinski definition) is 2. The van der Waals surface area contributed by atoms with E-state index in [4.69, 9.17) is 4.74 Å². The number of aliphatic hydroxyl groups is 2. The second-order valence-corrected chi connectivity index (χ2v) is 11.2. The molecule has 1 unspecified atom stereocenters. The minimum Gasteiger partial charge on any atom is -0.464 e. The van der Waals surface area contributed by atoms with Gasteiger partial charge in [0, 0.05) is 25.4 Å². The normalized spacial score (nSPS) is 19.7. The molecule has 0 bridgehead atoms. The van der Waals surface area contributed by atoms with Gasteiger partial charge in [-0.1, -0.05) is 72.6 Å². The minimum atomic E-state index is -0.311. The molecule has 1 fully saturated rings. The van der Waals surface area contributed by atoms with E-state index in [9.17, 15) is 15.0 Å². The number of carbonyl (C=O) groups is 1. The Morgan fingerprint density at radius 1 is 0.974 bits per heavy atom. The number of nitrogens with zero attached hydrogens (tertiary/aromatic N) is 2. The molecule has 2 N–H and O–H groups in total. The fourth-order valence-corrected chi connectivity index (χ4v) is 5.40. The third-order valence-corrected chi connectivity index (χ3v) is 7.65. The van der Waals surface area contributed by atoms with Crippen molar-refractivity contribution in [1.29, 1.82) is 0 Å². The number of aromatic nitrogens is 1. The van der Waals surface area contributed by atoms with Crippen LogP contribution in [0.4, 0.5) is 0 Å². The average Bonchev–Trinajstić information content (AvgIpc) is 3.23. The highest BCUT2D eigenvalue weighted by molar-refractivity contribution is 5.69. The standard InChI is InChI=1S/C21H41NO3.C11H17NO/c1-4-12-22(13-5-2)14-15-25-21(24)11-9-7-6-8-10-19-17-20(23)16-18(19)3;1-2-3-4-5-11(13)10-6-8-12-9-7-10/h18-20,23H,4-17H2,1-3H3;6-9,11,13H,2-5H2,1H3/t18?,19-,20-;11-/m10/s1. The Morgan fingerprint density at radius 3 is 2.26 bits per heavy atom. The Hall–Kier alpha value is -1.50. The van der Waals surface area contributed by atoms with Gasteiger partial charge in [-0.25, -0.2) is 0 Å². The molecule has 1 aromatic heterocycles. The first-order valence-electron chi connectivity index (χ1n) is 15.5. The number of pyridine rings is 1. The van der Waals surface area contributed by atoms with Crippen molar-refractivity contribution in [2.24, 2.45) is 11.8 Å². The van der Waals surface area contributed by atoms with Crippen LogP contribution in [0, 0.1) is 11.8 Å². The number of hydrogen-bond acceptors (Lipinski definition) is 6. The van der Waals surface area contributed by atoms with Gasteiger partial charge in [-0.15, -0.1) is 0 Å². The van der Waals surface area contributed by atoms with Crippen molar-refractivity contribution in [3.63, 3.8) is 0 Å². The SMILES string of the molecule is CCCCC[C@H](O)c1ccncc1.CCCN(CCC)CCOC(=O)CCCCCC[C@@H]1C[C@H](O)CC1C. The van der Waals surface area contributed by atoms with E-state index in [1.54, 1.807) is 12.4 Å². The first kappa shape index (κ1) is 34.5. The maximum absolute atomic E-state index is 11.8. The van der Waals surface area contributed by atoms with E-state index in [0.29, 0.717) is 24.9 Å². The van der Waals surface area contributed by atoms with Crippen molar-refractivity contribution >= 4 is 5.97 Å². The maximum atomic E-state index is 11.8. The summed E-state index contributed by atoms with van der Waals surface area (Å²) < 4.78 is 5.37. The smallest absolute Gasteiger partial charge is 0.305 e. The van der Waals surface area contributed by atoms with E-state index >= 15 is 0 Å². The number of esters is 1. The van der Waals surface area contributed by atoms with Gasteiger partial charge in [-0.3, -0.25) is 14.7 Å². The van der Waals surface area contributed by atoms with Crippen LogP contribution in [0.15, 0.2) is 24.5 Å². The zero-order valence-corrected chi connectivity index (χ0v) is 25.0. The molecule has 6 nitrogen and oxygen atoms in total. The lowest BCUT2D eigenvalue weighted by Gasteiger charge is -2.20. The number of rotatable bonds is 19. The zero-order chi connectivity index (χ0) is 28.0. The van der Waals surface area contributed by atoms with Crippen LogP contribution >= 0.6 is 0 Å². The molecule has 2 rings (SSSR count). The highest BCUT2D eigenvalue weighted by Gasteiger charge is 2.29. The highest BCUT2D eigenvalue weighted by atomic mass is 16.5. The van der Waals surface area contributed by atoms with Crippen molar-refractivity contribution < 1.29 is 19.7 Å². The summed E-state index contributed by atoms with van der Waals surface area (Å²) in [5.41, 5.74) is 0.978. The summed E-state index contributed by atoms with van der Waals surface area (Å²) in [5, 5.41) is 19.4. The van der Waals surface area contributed by atoms with E-state index < -0.39 is 0 Å². The van der Waals surface area contributed by atoms with Gasteiger partial charge >= 0.3 is 5.97 Å². The maximum Gasteiger partial charge on any atom is 0.305 e. The summed E-state index contributed by atoms with van der Waals surface area (Å²) in [6.45, 7) is 12.4. The topological polar surface area (TPSA) is 82.9 Å². The summed E-state index contributed by atoms with van der Waals surface area (Å²) in [6.07, 6.45) is 17.9. The molecule has 220 valence electrons. The number of carbonyl (C=O) groups excluding carboxylic acids is 1. The average molecular weight is 535 g/mol. The molecule has 4 atom stereocenters. The predicted octanol–water partition coefficient (Wildman–Crippen LogP) is 7.09. The second-order valence-electron chi connectivity index (χ2n) is 11.2. The molecular weight excluding hydrogens is 476 g/mol. The van der Waals surface area contributed by atoms with Crippen molar-refractivity contribution in [1.82, 2.24) is 9.88 Å². The minimum absolute atomic E-state index is 0.0412. The molecule has 6 heteroatoms. The fraction of sp³-hybridized carbons (Fsp3) is 0.812. The molecule has 1 saturated carbocycles. The molecule has 1 aliphatic carbocycles. The molecule has 38 heavy (non-hydrogen) atoms. The zero-order valence-electron chi connectivity index (χ0n) is 25.0. The molecule has 1 heterocycles. The monoisotopic (exact) mass is 534 g/mol. The lowest BCUT2D eigenvalue weighted by Crippen LogP contribution is -2.29. The molecule has 0 spiro atoms. The van der Waals surface area contributed by atoms with Gasteiger partial charge < -0.3 is 14.9 Å². The summed E-state index contributed by atoms with van der Waals surface area (Å²) >= 11 is 0. The van der Waals surface area contributed by atoms with Crippen molar-refractivity contribution in [3.05, 3.63) is 30.1 Å². The molecule has 0 aromatic carbocycles. The largest absolute Gasteiger partial charge is 0.464 e. The Bertz CT molecular complexity index is 681. The summed E-state index contributed by atoms with van der Waals surface area (Å²) in [4.78, 5) is 18.1. The molecule has 1 aliphatic rings. The van der Waals surface area contributed by atoms with Crippen molar-refractivity contribution in [2.75, 3.05) is 26.2 Å². The van der Waals surface area contributed by atoms with E-state index in [1.165, 1.54) is 32.1 Å². The first-order valence-corrected chi connectivity index (χ1v) is 15.5. The van der Waals surface area contributed by atoms with Gasteiger partial charge in [0.15, 0.2) is 0 Å². The highest BCUT2D eigenvalue weighted by Crippen LogP contribution is 2.35. The predicted molar refractivity (Wildman–Crippen MR) is 157 cm³/mol.